The molecule has 0 aromatic carbocycles. The fourth-order valence-electron chi connectivity index (χ4n) is 1.60. The fourth-order valence-corrected chi connectivity index (χ4v) is 1.60. The molecule has 1 aliphatic carbocycles. The smallest absolute Gasteiger partial charge is 0.242 e. The van der Waals surface area contributed by atoms with Gasteiger partial charge in [0.25, 0.3) is 0 Å². The van der Waals surface area contributed by atoms with Gasteiger partial charge in [-0.05, 0) is 33.1 Å². The number of nitrogens with two attached hydrogens (primary N) is 1. The molecule has 1 saturated carbocycles. The first-order valence-corrected chi connectivity index (χ1v) is 4.72. The average molecular weight is 170 g/mol. The number of likely N-dealkylation sites (N-methyl/N-ethyl adjacent to an activating group) is 1. The molecule has 1 aliphatic rings. The van der Waals surface area contributed by atoms with Crippen molar-refractivity contribution in [3.05, 3.63) is 0 Å². The zero-order valence-corrected chi connectivity index (χ0v) is 7.97. The van der Waals surface area contributed by atoms with Gasteiger partial charge in [0.1, 0.15) is 0 Å². The van der Waals surface area contributed by atoms with Crippen LogP contribution in [0.25, 0.3) is 0 Å². The maximum atomic E-state index is 11.7. The lowest BCUT2D eigenvalue weighted by atomic mass is 9.76. The monoisotopic (exact) mass is 170 g/mol. The van der Waals surface area contributed by atoms with E-state index in [9.17, 15) is 4.79 Å². The normalized spacial score (nSPS) is 19.9. The van der Waals surface area contributed by atoms with Gasteiger partial charge in [-0.25, -0.2) is 0 Å². The van der Waals surface area contributed by atoms with E-state index in [1.807, 2.05) is 18.7 Å². The summed E-state index contributed by atoms with van der Waals surface area (Å²) in [5, 5.41) is 0. The Morgan fingerprint density at radius 3 is 2.17 bits per heavy atom. The maximum absolute atomic E-state index is 11.7. The Labute approximate surface area is 73.9 Å². The molecule has 12 heavy (non-hydrogen) atoms. The minimum Gasteiger partial charge on any atom is -0.342 e. The quantitative estimate of drug-likeness (QED) is 0.679. The van der Waals surface area contributed by atoms with Crippen LogP contribution >= 0.6 is 0 Å². The Kier molecular flexibility index (Phi) is 2.73. The molecule has 3 heteroatoms. The van der Waals surface area contributed by atoms with E-state index in [4.69, 9.17) is 5.73 Å². The third kappa shape index (κ3) is 1.46. The Bertz CT molecular complexity index is 171. The first kappa shape index (κ1) is 9.52. The van der Waals surface area contributed by atoms with E-state index in [0.29, 0.717) is 0 Å². The van der Waals surface area contributed by atoms with Crippen molar-refractivity contribution in [2.24, 2.45) is 5.73 Å². The number of nitrogens with zero attached hydrogens (tertiary/aromatic N) is 1. The third-order valence-corrected chi connectivity index (χ3v) is 2.72. The van der Waals surface area contributed by atoms with Crippen LogP contribution in [-0.4, -0.2) is 29.4 Å². The van der Waals surface area contributed by atoms with Crippen LogP contribution in [0.1, 0.15) is 33.1 Å². The number of hydrogen-bond acceptors (Lipinski definition) is 2. The molecule has 0 unspecified atom stereocenters. The molecule has 0 aromatic heterocycles. The van der Waals surface area contributed by atoms with Crippen molar-refractivity contribution in [2.45, 2.75) is 38.6 Å². The number of carbonyl (C=O) groups excluding carboxylic acids is 1. The molecule has 0 spiro atoms. The van der Waals surface area contributed by atoms with Crippen LogP contribution in [0.2, 0.25) is 0 Å². The molecule has 2 N–H and O–H groups in total. The van der Waals surface area contributed by atoms with E-state index < -0.39 is 5.54 Å². The van der Waals surface area contributed by atoms with Crippen LogP contribution < -0.4 is 5.73 Å². The molecule has 0 aliphatic heterocycles. The van der Waals surface area contributed by atoms with Gasteiger partial charge in [0, 0.05) is 13.1 Å². The first-order valence-electron chi connectivity index (χ1n) is 4.72. The number of hydrogen-bond donors (Lipinski definition) is 1. The van der Waals surface area contributed by atoms with E-state index in [1.165, 1.54) is 0 Å². The second-order valence-corrected chi connectivity index (χ2v) is 3.49. The van der Waals surface area contributed by atoms with E-state index in [2.05, 4.69) is 0 Å². The lowest BCUT2D eigenvalue weighted by Gasteiger charge is -2.39. The van der Waals surface area contributed by atoms with Crippen LogP contribution in [0.15, 0.2) is 0 Å². The summed E-state index contributed by atoms with van der Waals surface area (Å²) < 4.78 is 0. The minimum atomic E-state index is -0.508. The zero-order valence-electron chi connectivity index (χ0n) is 7.97. The number of amides is 1. The number of rotatable bonds is 3. The second-order valence-electron chi connectivity index (χ2n) is 3.49. The number of carbonyl (C=O) groups is 1. The predicted molar refractivity (Wildman–Crippen MR) is 48.7 cm³/mol. The molecule has 0 atom stereocenters. The van der Waals surface area contributed by atoms with Crippen molar-refractivity contribution in [3.8, 4) is 0 Å². The first-order chi connectivity index (χ1) is 5.64. The fraction of sp³-hybridized carbons (Fsp3) is 0.889. The van der Waals surface area contributed by atoms with Crippen LogP contribution in [0.3, 0.4) is 0 Å². The molecule has 70 valence electrons. The van der Waals surface area contributed by atoms with Gasteiger partial charge >= 0.3 is 0 Å². The summed E-state index contributed by atoms with van der Waals surface area (Å²) in [6, 6.07) is 0. The van der Waals surface area contributed by atoms with Gasteiger partial charge in [-0.1, -0.05) is 0 Å². The van der Waals surface area contributed by atoms with Crippen LogP contribution in [0.4, 0.5) is 0 Å². The highest BCUT2D eigenvalue weighted by Crippen LogP contribution is 2.30. The van der Waals surface area contributed by atoms with Crippen LogP contribution in [0.5, 0.6) is 0 Å². The third-order valence-electron chi connectivity index (χ3n) is 2.72. The molecule has 0 bridgehead atoms. The van der Waals surface area contributed by atoms with Gasteiger partial charge in [-0.2, -0.15) is 0 Å². The van der Waals surface area contributed by atoms with Gasteiger partial charge in [0.15, 0.2) is 0 Å². The highest BCUT2D eigenvalue weighted by atomic mass is 16.2. The lowest BCUT2D eigenvalue weighted by Crippen LogP contribution is -2.59. The summed E-state index contributed by atoms with van der Waals surface area (Å²) in [4.78, 5) is 13.5. The van der Waals surface area contributed by atoms with Crippen molar-refractivity contribution < 1.29 is 4.79 Å². The molecule has 1 rings (SSSR count). The van der Waals surface area contributed by atoms with Gasteiger partial charge in [-0.15, -0.1) is 0 Å². The summed E-state index contributed by atoms with van der Waals surface area (Å²) in [7, 11) is 0. The SMILES string of the molecule is CCN(CC)C(=O)C1(N)CCC1. The highest BCUT2D eigenvalue weighted by Gasteiger charge is 2.41. The Balaban J connectivity index is 2.55. The Morgan fingerprint density at radius 1 is 1.42 bits per heavy atom. The Hall–Kier alpha value is -0.570. The van der Waals surface area contributed by atoms with E-state index in [1.54, 1.807) is 0 Å². The minimum absolute atomic E-state index is 0.138. The molecule has 0 heterocycles. The van der Waals surface area contributed by atoms with Crippen molar-refractivity contribution in [2.75, 3.05) is 13.1 Å². The van der Waals surface area contributed by atoms with Gasteiger partial charge in [0.05, 0.1) is 5.54 Å². The van der Waals surface area contributed by atoms with Crippen molar-refractivity contribution in [1.82, 2.24) is 4.90 Å². The molecule has 0 radical (unpaired) electrons. The topological polar surface area (TPSA) is 46.3 Å². The summed E-state index contributed by atoms with van der Waals surface area (Å²) in [5.41, 5.74) is 5.40. The highest BCUT2D eigenvalue weighted by molar-refractivity contribution is 5.87. The van der Waals surface area contributed by atoms with Crippen LogP contribution in [-0.2, 0) is 4.79 Å². The molecule has 1 fully saturated rings. The van der Waals surface area contributed by atoms with E-state index >= 15 is 0 Å². The van der Waals surface area contributed by atoms with E-state index in [-0.39, 0.29) is 5.91 Å². The van der Waals surface area contributed by atoms with Gasteiger partial charge in [0.2, 0.25) is 5.91 Å². The largest absolute Gasteiger partial charge is 0.342 e. The van der Waals surface area contributed by atoms with Crippen molar-refractivity contribution in [3.63, 3.8) is 0 Å². The molecule has 0 aromatic rings. The molecule has 0 saturated heterocycles. The van der Waals surface area contributed by atoms with Crippen LogP contribution in [0, 0.1) is 0 Å². The molecular formula is C9H18N2O. The summed E-state index contributed by atoms with van der Waals surface area (Å²) in [5.74, 6) is 0.138. The average Bonchev–Trinajstić information content (AvgIpc) is 2.02. The summed E-state index contributed by atoms with van der Waals surface area (Å²) in [6.07, 6.45) is 2.83. The maximum Gasteiger partial charge on any atom is 0.242 e. The van der Waals surface area contributed by atoms with Gasteiger partial charge < -0.3 is 10.6 Å². The van der Waals surface area contributed by atoms with Crippen molar-refractivity contribution in [1.29, 1.82) is 0 Å². The molecular weight excluding hydrogens is 152 g/mol. The van der Waals surface area contributed by atoms with E-state index in [0.717, 1.165) is 32.4 Å². The summed E-state index contributed by atoms with van der Waals surface area (Å²) >= 11 is 0. The predicted octanol–water partition coefficient (Wildman–Crippen LogP) is 0.736. The second kappa shape index (κ2) is 3.44. The van der Waals surface area contributed by atoms with Crippen molar-refractivity contribution >= 4 is 5.91 Å². The molecule has 1 amide bonds. The standard InChI is InChI=1S/C9H18N2O/c1-3-11(4-2)8(12)9(10)6-5-7-9/h3-7,10H2,1-2H3. The lowest BCUT2D eigenvalue weighted by molar-refractivity contribution is -0.139. The molecule has 3 nitrogen and oxygen atoms in total. The zero-order chi connectivity index (χ0) is 9.19. The Morgan fingerprint density at radius 2 is 1.92 bits per heavy atom. The summed E-state index contributed by atoms with van der Waals surface area (Å²) in [6.45, 7) is 5.52. The van der Waals surface area contributed by atoms with Gasteiger partial charge in [-0.3, -0.25) is 4.79 Å².